The molecule has 11 nitrogen and oxygen atoms in total. The van der Waals surface area contributed by atoms with Gasteiger partial charge in [0.1, 0.15) is 18.8 Å². The summed E-state index contributed by atoms with van der Waals surface area (Å²) in [6, 6.07) is -1.05. The summed E-state index contributed by atoms with van der Waals surface area (Å²) in [5.41, 5.74) is 0. The number of carbonyl (C=O) groups is 4. The Morgan fingerprint density at radius 2 is 1.50 bits per heavy atom. The second kappa shape index (κ2) is 10.0. The van der Waals surface area contributed by atoms with Crippen molar-refractivity contribution in [1.29, 1.82) is 0 Å². The number of ether oxygens (including phenoxy) is 4. The summed E-state index contributed by atoms with van der Waals surface area (Å²) in [5, 5.41) is 2.52. The molecule has 0 bridgehead atoms. The van der Waals surface area contributed by atoms with Crippen molar-refractivity contribution in [2.45, 2.75) is 58.3 Å². The Hall–Kier alpha value is -2.24. The Labute approximate surface area is 150 Å². The highest BCUT2D eigenvalue weighted by Crippen LogP contribution is 2.27. The molecule has 0 radical (unpaired) electrons. The zero-order valence-electron chi connectivity index (χ0n) is 15.2. The summed E-state index contributed by atoms with van der Waals surface area (Å²) in [6.07, 6.45) is -4.59. The number of hydrogen-bond donors (Lipinski definition) is 1. The van der Waals surface area contributed by atoms with Gasteiger partial charge in [0.05, 0.1) is 7.11 Å². The van der Waals surface area contributed by atoms with Gasteiger partial charge in [-0.2, -0.15) is 0 Å². The predicted octanol–water partition coefficient (Wildman–Crippen LogP) is -0.779. The minimum atomic E-state index is -1.22. The van der Waals surface area contributed by atoms with Gasteiger partial charge in [0, 0.05) is 27.7 Å². The first kappa shape index (κ1) is 21.8. The highest BCUT2D eigenvalue weighted by molar-refractivity contribution is 5.73. The first-order chi connectivity index (χ1) is 12.1. The second-order valence-electron chi connectivity index (χ2n) is 5.48. The third-order valence-electron chi connectivity index (χ3n) is 3.26. The number of hydrogen-bond acceptors (Lipinski definition) is 10. The van der Waals surface area contributed by atoms with Gasteiger partial charge in [-0.05, 0) is 0 Å². The molecule has 1 heterocycles. The van der Waals surface area contributed by atoms with E-state index in [2.05, 4.69) is 10.2 Å². The molecule has 11 heteroatoms. The van der Waals surface area contributed by atoms with Crippen molar-refractivity contribution in [1.82, 2.24) is 5.32 Å². The summed E-state index contributed by atoms with van der Waals surface area (Å²) in [6.45, 7) is 4.43. The summed E-state index contributed by atoms with van der Waals surface area (Å²) in [5.74, 6) is -2.43. The second-order valence-corrected chi connectivity index (χ2v) is 5.48. The van der Waals surface area contributed by atoms with E-state index in [-0.39, 0.29) is 6.61 Å². The Kier molecular flexibility index (Phi) is 8.42. The Morgan fingerprint density at radius 1 is 0.923 bits per heavy atom. The monoisotopic (exact) mass is 377 g/mol. The smallest absolute Gasteiger partial charge is 0.303 e. The van der Waals surface area contributed by atoms with Gasteiger partial charge in [0.25, 0.3) is 0 Å². The maximum atomic E-state index is 11.5. The average molecular weight is 377 g/mol. The topological polar surface area (TPSA) is 136 Å². The fraction of sp³-hybridized carbons (Fsp3) is 0.733. The number of esters is 3. The molecule has 1 N–H and O–H groups in total. The molecule has 0 aromatic rings. The molecule has 0 aromatic carbocycles. The molecule has 1 fully saturated rings. The standard InChI is InChI=1S/C15H23NO10/c1-7(17)16-12-14(24-10(4)20)13(23-9(3)19)11(6-22-8(2)18)25-15(12)26-21-5/h11-15H,6H2,1-5H3,(H,16,17)/t11?,12?,13-,14?,15-/m0/s1. The van der Waals surface area contributed by atoms with Crippen LogP contribution in [0.2, 0.25) is 0 Å². The van der Waals surface area contributed by atoms with Crippen molar-refractivity contribution in [3.8, 4) is 0 Å². The largest absolute Gasteiger partial charge is 0.463 e. The molecule has 3 unspecified atom stereocenters. The maximum absolute atomic E-state index is 11.5. The Balaban J connectivity index is 3.22. The quantitative estimate of drug-likeness (QED) is 0.260. The van der Waals surface area contributed by atoms with Crippen LogP contribution in [0.1, 0.15) is 27.7 Å². The molecular formula is C15H23NO10. The molecule has 1 rings (SSSR count). The number of amides is 1. The fourth-order valence-corrected chi connectivity index (χ4v) is 2.47. The third kappa shape index (κ3) is 6.58. The van der Waals surface area contributed by atoms with Crippen LogP contribution in [0.25, 0.3) is 0 Å². The van der Waals surface area contributed by atoms with Gasteiger partial charge in [0.15, 0.2) is 12.2 Å². The molecule has 26 heavy (non-hydrogen) atoms. The lowest BCUT2D eigenvalue weighted by Crippen LogP contribution is -2.66. The van der Waals surface area contributed by atoms with Crippen LogP contribution in [0.15, 0.2) is 0 Å². The summed E-state index contributed by atoms with van der Waals surface area (Å²) in [7, 11) is 1.22. The van der Waals surface area contributed by atoms with Crippen LogP contribution in [-0.2, 0) is 47.9 Å². The zero-order chi connectivity index (χ0) is 19.9. The van der Waals surface area contributed by atoms with Gasteiger partial charge >= 0.3 is 17.9 Å². The van der Waals surface area contributed by atoms with Crippen molar-refractivity contribution < 1.29 is 47.9 Å². The minimum absolute atomic E-state index is 0.304. The lowest BCUT2D eigenvalue weighted by Gasteiger charge is -2.44. The number of nitrogens with one attached hydrogen (secondary N) is 1. The molecule has 5 atom stereocenters. The van der Waals surface area contributed by atoms with E-state index in [9.17, 15) is 19.2 Å². The van der Waals surface area contributed by atoms with Gasteiger partial charge in [-0.15, -0.1) is 0 Å². The molecule has 0 aromatic heterocycles. The normalized spacial score (nSPS) is 28.0. The molecule has 148 valence electrons. The van der Waals surface area contributed by atoms with E-state index < -0.39 is 54.5 Å². The van der Waals surface area contributed by atoms with Crippen LogP contribution < -0.4 is 5.32 Å². The predicted molar refractivity (Wildman–Crippen MR) is 82.1 cm³/mol. The molecule has 1 amide bonds. The van der Waals surface area contributed by atoms with E-state index in [1.54, 1.807) is 0 Å². The van der Waals surface area contributed by atoms with Crippen LogP contribution >= 0.6 is 0 Å². The van der Waals surface area contributed by atoms with Crippen molar-refractivity contribution in [3.05, 3.63) is 0 Å². The van der Waals surface area contributed by atoms with Crippen molar-refractivity contribution in [2.24, 2.45) is 0 Å². The molecule has 1 aliphatic heterocycles. The van der Waals surface area contributed by atoms with Crippen molar-refractivity contribution in [2.75, 3.05) is 13.7 Å². The number of rotatable bonds is 7. The van der Waals surface area contributed by atoms with Crippen LogP contribution in [0, 0.1) is 0 Å². The van der Waals surface area contributed by atoms with Gasteiger partial charge in [-0.3, -0.25) is 19.2 Å². The Bertz CT molecular complexity index is 537. The third-order valence-corrected chi connectivity index (χ3v) is 3.26. The van der Waals surface area contributed by atoms with Crippen LogP contribution in [0.3, 0.4) is 0 Å². The molecule has 1 saturated heterocycles. The van der Waals surface area contributed by atoms with Gasteiger partial charge < -0.3 is 24.3 Å². The maximum Gasteiger partial charge on any atom is 0.303 e. The first-order valence-corrected chi connectivity index (χ1v) is 7.75. The van der Waals surface area contributed by atoms with E-state index >= 15 is 0 Å². The van der Waals surface area contributed by atoms with E-state index in [0.717, 1.165) is 13.8 Å². The lowest BCUT2D eigenvalue weighted by atomic mass is 9.96. The van der Waals surface area contributed by atoms with Crippen molar-refractivity contribution in [3.63, 3.8) is 0 Å². The van der Waals surface area contributed by atoms with Crippen molar-refractivity contribution >= 4 is 23.8 Å². The summed E-state index contributed by atoms with van der Waals surface area (Å²) in [4.78, 5) is 55.3. The highest BCUT2D eigenvalue weighted by Gasteiger charge is 2.51. The summed E-state index contributed by atoms with van der Waals surface area (Å²) < 4.78 is 21.0. The molecular weight excluding hydrogens is 354 g/mol. The van der Waals surface area contributed by atoms with E-state index in [1.807, 2.05) is 0 Å². The van der Waals surface area contributed by atoms with E-state index in [1.165, 1.54) is 21.0 Å². The minimum Gasteiger partial charge on any atom is -0.463 e. The number of carbonyl (C=O) groups excluding carboxylic acids is 4. The van der Waals surface area contributed by atoms with Gasteiger partial charge in [0.2, 0.25) is 12.2 Å². The highest BCUT2D eigenvalue weighted by atomic mass is 17.2. The molecule has 1 aliphatic rings. The van der Waals surface area contributed by atoms with Gasteiger partial charge in [-0.1, -0.05) is 0 Å². The van der Waals surface area contributed by atoms with E-state index in [4.69, 9.17) is 23.8 Å². The van der Waals surface area contributed by atoms with Gasteiger partial charge in [-0.25, -0.2) is 9.78 Å². The first-order valence-electron chi connectivity index (χ1n) is 7.75. The molecule has 0 aliphatic carbocycles. The average Bonchev–Trinajstić information content (AvgIpc) is 2.50. The van der Waals surface area contributed by atoms with Crippen LogP contribution in [0.5, 0.6) is 0 Å². The zero-order valence-corrected chi connectivity index (χ0v) is 15.2. The van der Waals surface area contributed by atoms with Crippen LogP contribution in [0.4, 0.5) is 0 Å². The Morgan fingerprint density at radius 3 is 1.96 bits per heavy atom. The fourth-order valence-electron chi connectivity index (χ4n) is 2.47. The summed E-state index contributed by atoms with van der Waals surface area (Å²) >= 11 is 0. The lowest BCUT2D eigenvalue weighted by molar-refractivity contribution is -0.400. The molecule has 0 spiro atoms. The SMILES string of the molecule is COO[C@@H]1OC(COC(C)=O)[C@H](OC(C)=O)C(OC(C)=O)C1NC(C)=O. The molecule has 0 saturated carbocycles. The van der Waals surface area contributed by atoms with E-state index in [0.29, 0.717) is 0 Å². The van der Waals surface area contributed by atoms with Crippen LogP contribution in [-0.4, -0.2) is 68.2 Å².